The van der Waals surface area contributed by atoms with Gasteiger partial charge >= 0.3 is 0 Å². The van der Waals surface area contributed by atoms with E-state index in [0.29, 0.717) is 6.04 Å². The predicted octanol–water partition coefficient (Wildman–Crippen LogP) is 3.09. The summed E-state index contributed by atoms with van der Waals surface area (Å²) in [5, 5.41) is 3.73. The standard InChI is InChI=1S/C14H19BrN2/c1-10-6-11(15)8-14(7-10)17-5-4-13(9-17)16-12-2-3-12/h6-8,12-13,16H,2-5,9H2,1H3. The molecule has 2 nitrogen and oxygen atoms in total. The minimum Gasteiger partial charge on any atom is -0.370 e. The molecular formula is C14H19BrN2. The van der Waals surface area contributed by atoms with Crippen LogP contribution in [0, 0.1) is 6.92 Å². The SMILES string of the molecule is Cc1cc(Br)cc(N2CCC(NC3CC3)C2)c1. The lowest BCUT2D eigenvalue weighted by Crippen LogP contribution is -2.33. The van der Waals surface area contributed by atoms with Gasteiger partial charge in [-0.2, -0.15) is 0 Å². The average molecular weight is 295 g/mol. The number of rotatable bonds is 3. The summed E-state index contributed by atoms with van der Waals surface area (Å²) in [6.07, 6.45) is 4.04. The normalized spacial score (nSPS) is 24.4. The molecule has 1 heterocycles. The van der Waals surface area contributed by atoms with Crippen LogP contribution in [0.15, 0.2) is 22.7 Å². The van der Waals surface area contributed by atoms with Crippen molar-refractivity contribution in [3.63, 3.8) is 0 Å². The molecule has 2 aliphatic rings. The van der Waals surface area contributed by atoms with Crippen LogP contribution in [0.2, 0.25) is 0 Å². The highest BCUT2D eigenvalue weighted by Gasteiger charge is 2.29. The fourth-order valence-electron chi connectivity index (χ4n) is 2.61. The van der Waals surface area contributed by atoms with Gasteiger partial charge in [-0.1, -0.05) is 15.9 Å². The summed E-state index contributed by atoms with van der Waals surface area (Å²) in [6.45, 7) is 4.50. The second-order valence-electron chi connectivity index (χ2n) is 5.36. The van der Waals surface area contributed by atoms with Crippen LogP contribution in [0.4, 0.5) is 5.69 Å². The zero-order valence-electron chi connectivity index (χ0n) is 10.2. The highest BCUT2D eigenvalue weighted by atomic mass is 79.9. The third-order valence-corrected chi connectivity index (χ3v) is 4.09. The molecule has 1 N–H and O–H groups in total. The molecule has 0 aromatic heterocycles. The Morgan fingerprint density at radius 3 is 2.71 bits per heavy atom. The van der Waals surface area contributed by atoms with Gasteiger partial charge in [0.25, 0.3) is 0 Å². The van der Waals surface area contributed by atoms with Gasteiger partial charge in [0.2, 0.25) is 0 Å². The lowest BCUT2D eigenvalue weighted by atomic mass is 10.2. The quantitative estimate of drug-likeness (QED) is 0.922. The van der Waals surface area contributed by atoms with E-state index < -0.39 is 0 Å². The largest absolute Gasteiger partial charge is 0.370 e. The maximum absolute atomic E-state index is 3.73. The highest BCUT2D eigenvalue weighted by molar-refractivity contribution is 9.10. The molecule has 0 radical (unpaired) electrons. The molecule has 1 aromatic carbocycles. The molecule has 17 heavy (non-hydrogen) atoms. The van der Waals surface area contributed by atoms with Crippen LogP contribution < -0.4 is 10.2 Å². The van der Waals surface area contributed by atoms with E-state index >= 15 is 0 Å². The van der Waals surface area contributed by atoms with Gasteiger partial charge in [0.05, 0.1) is 0 Å². The molecule has 1 unspecified atom stereocenters. The second kappa shape index (κ2) is 4.62. The summed E-state index contributed by atoms with van der Waals surface area (Å²) >= 11 is 3.58. The third-order valence-electron chi connectivity index (χ3n) is 3.63. The molecule has 1 saturated heterocycles. The molecule has 1 aliphatic carbocycles. The number of halogens is 1. The average Bonchev–Trinajstić information content (AvgIpc) is 2.93. The number of anilines is 1. The van der Waals surface area contributed by atoms with Crippen LogP contribution >= 0.6 is 15.9 Å². The van der Waals surface area contributed by atoms with E-state index in [-0.39, 0.29) is 0 Å². The van der Waals surface area contributed by atoms with Crippen molar-refractivity contribution in [2.75, 3.05) is 18.0 Å². The number of hydrogen-bond acceptors (Lipinski definition) is 2. The molecule has 1 aliphatic heterocycles. The minimum absolute atomic E-state index is 0.696. The lowest BCUT2D eigenvalue weighted by molar-refractivity contribution is 0.548. The Balaban J connectivity index is 1.67. The van der Waals surface area contributed by atoms with Gasteiger partial charge in [0, 0.05) is 35.3 Å². The third kappa shape index (κ3) is 2.83. The van der Waals surface area contributed by atoms with Gasteiger partial charge in [-0.05, 0) is 49.9 Å². The topological polar surface area (TPSA) is 15.3 Å². The van der Waals surface area contributed by atoms with Crippen molar-refractivity contribution >= 4 is 21.6 Å². The van der Waals surface area contributed by atoms with Gasteiger partial charge in [-0.15, -0.1) is 0 Å². The van der Waals surface area contributed by atoms with E-state index in [4.69, 9.17) is 0 Å². The number of hydrogen-bond donors (Lipinski definition) is 1. The first-order valence-corrected chi connectivity index (χ1v) is 7.28. The van der Waals surface area contributed by atoms with E-state index in [1.165, 1.54) is 41.5 Å². The van der Waals surface area contributed by atoms with Crippen LogP contribution in [0.5, 0.6) is 0 Å². The molecule has 1 saturated carbocycles. The molecule has 3 heteroatoms. The van der Waals surface area contributed by atoms with Crippen molar-refractivity contribution in [1.82, 2.24) is 5.32 Å². The fourth-order valence-corrected chi connectivity index (χ4v) is 3.21. The Morgan fingerprint density at radius 2 is 2.00 bits per heavy atom. The van der Waals surface area contributed by atoms with Gasteiger partial charge in [-0.3, -0.25) is 0 Å². The van der Waals surface area contributed by atoms with Crippen molar-refractivity contribution < 1.29 is 0 Å². The predicted molar refractivity (Wildman–Crippen MR) is 75.7 cm³/mol. The van der Waals surface area contributed by atoms with E-state index in [1.807, 2.05) is 0 Å². The van der Waals surface area contributed by atoms with Crippen LogP contribution in [-0.2, 0) is 0 Å². The molecule has 2 fully saturated rings. The van der Waals surface area contributed by atoms with Crippen LogP contribution in [0.25, 0.3) is 0 Å². The summed E-state index contributed by atoms with van der Waals surface area (Å²) in [5.41, 5.74) is 2.69. The van der Waals surface area contributed by atoms with Crippen molar-refractivity contribution in [3.05, 3.63) is 28.2 Å². The Labute approximate surface area is 112 Å². The smallest absolute Gasteiger partial charge is 0.0380 e. The maximum atomic E-state index is 3.73. The lowest BCUT2D eigenvalue weighted by Gasteiger charge is -2.20. The van der Waals surface area contributed by atoms with E-state index in [0.717, 1.165) is 12.6 Å². The van der Waals surface area contributed by atoms with E-state index in [2.05, 4.69) is 51.3 Å². The molecule has 0 spiro atoms. The summed E-state index contributed by atoms with van der Waals surface area (Å²) in [5.74, 6) is 0. The number of nitrogens with one attached hydrogen (secondary N) is 1. The maximum Gasteiger partial charge on any atom is 0.0380 e. The van der Waals surface area contributed by atoms with Gasteiger partial charge < -0.3 is 10.2 Å². The van der Waals surface area contributed by atoms with Crippen LogP contribution in [0.1, 0.15) is 24.8 Å². The molecule has 3 rings (SSSR count). The Morgan fingerprint density at radius 1 is 1.18 bits per heavy atom. The summed E-state index contributed by atoms with van der Waals surface area (Å²) in [6, 6.07) is 8.20. The first-order chi connectivity index (χ1) is 8.20. The number of nitrogens with zero attached hydrogens (tertiary/aromatic N) is 1. The van der Waals surface area contributed by atoms with Gasteiger partial charge in [0.15, 0.2) is 0 Å². The minimum atomic E-state index is 0.696. The van der Waals surface area contributed by atoms with Crippen LogP contribution in [-0.4, -0.2) is 25.2 Å². The second-order valence-corrected chi connectivity index (χ2v) is 6.28. The highest BCUT2D eigenvalue weighted by Crippen LogP contribution is 2.27. The Bertz CT molecular complexity index is 394. The van der Waals surface area contributed by atoms with Crippen molar-refractivity contribution in [1.29, 1.82) is 0 Å². The molecule has 92 valence electrons. The van der Waals surface area contributed by atoms with E-state index in [1.54, 1.807) is 0 Å². The molecule has 1 aromatic rings. The first kappa shape index (κ1) is 11.5. The van der Waals surface area contributed by atoms with Gasteiger partial charge in [-0.25, -0.2) is 0 Å². The monoisotopic (exact) mass is 294 g/mol. The number of benzene rings is 1. The zero-order valence-corrected chi connectivity index (χ0v) is 11.8. The number of aryl methyl sites for hydroxylation is 1. The van der Waals surface area contributed by atoms with Crippen molar-refractivity contribution in [3.8, 4) is 0 Å². The first-order valence-electron chi connectivity index (χ1n) is 6.49. The molecule has 1 atom stereocenters. The van der Waals surface area contributed by atoms with Gasteiger partial charge in [0.1, 0.15) is 0 Å². The Hall–Kier alpha value is -0.540. The molecular weight excluding hydrogens is 276 g/mol. The van der Waals surface area contributed by atoms with Crippen molar-refractivity contribution in [2.45, 2.75) is 38.3 Å². The van der Waals surface area contributed by atoms with Crippen LogP contribution in [0.3, 0.4) is 0 Å². The molecule has 0 amide bonds. The fraction of sp³-hybridized carbons (Fsp3) is 0.571. The summed E-state index contributed by atoms with van der Waals surface area (Å²) < 4.78 is 1.19. The summed E-state index contributed by atoms with van der Waals surface area (Å²) in [4.78, 5) is 2.50. The van der Waals surface area contributed by atoms with E-state index in [9.17, 15) is 0 Å². The Kier molecular flexibility index (Phi) is 3.14. The zero-order chi connectivity index (χ0) is 11.8. The molecule has 0 bridgehead atoms. The van der Waals surface area contributed by atoms with Crippen molar-refractivity contribution in [2.24, 2.45) is 0 Å². The summed E-state index contributed by atoms with van der Waals surface area (Å²) in [7, 11) is 0.